The zero-order valence-corrected chi connectivity index (χ0v) is 14.8. The Kier molecular flexibility index (Phi) is 3.86. The quantitative estimate of drug-likeness (QED) is 0.572. The maximum absolute atomic E-state index is 5.57. The van der Waals surface area contributed by atoms with Crippen molar-refractivity contribution >= 4 is 22.6 Å². The second-order valence-corrected chi connectivity index (χ2v) is 6.46. The first-order valence-corrected chi connectivity index (χ1v) is 8.90. The lowest BCUT2D eigenvalue weighted by atomic mass is 10.1. The lowest BCUT2D eigenvalue weighted by molar-refractivity contribution is 0.0903. The Labute approximate surface area is 154 Å². The first kappa shape index (κ1) is 16.0. The van der Waals surface area contributed by atoms with Crippen LogP contribution < -0.4 is 10.1 Å². The van der Waals surface area contributed by atoms with Gasteiger partial charge in [-0.2, -0.15) is 15.1 Å². The molecule has 0 unspecified atom stereocenters. The summed E-state index contributed by atoms with van der Waals surface area (Å²) in [6, 6.07) is 4.08. The molecule has 1 saturated heterocycles. The van der Waals surface area contributed by atoms with E-state index in [0.29, 0.717) is 23.5 Å². The largest absolute Gasteiger partial charge is 0.480 e. The Hall–Kier alpha value is -3.20. The Bertz CT molecular complexity index is 1100. The first-order valence-electron chi connectivity index (χ1n) is 8.90. The van der Waals surface area contributed by atoms with Crippen LogP contribution in [-0.2, 0) is 4.74 Å². The fourth-order valence-corrected chi connectivity index (χ4v) is 3.40. The van der Waals surface area contributed by atoms with Crippen LogP contribution in [0.3, 0.4) is 0 Å². The van der Waals surface area contributed by atoms with Crippen molar-refractivity contribution in [3.05, 3.63) is 30.7 Å². The van der Waals surface area contributed by atoms with Crippen LogP contribution in [0.1, 0.15) is 12.8 Å². The smallest absolute Gasteiger partial charge is 0.228 e. The van der Waals surface area contributed by atoms with Gasteiger partial charge in [0.25, 0.3) is 0 Å². The third kappa shape index (κ3) is 2.85. The zero-order chi connectivity index (χ0) is 18.2. The number of rotatable bonds is 4. The van der Waals surface area contributed by atoms with Crippen molar-refractivity contribution in [2.75, 3.05) is 25.6 Å². The van der Waals surface area contributed by atoms with Crippen LogP contribution in [-0.4, -0.2) is 55.9 Å². The van der Waals surface area contributed by atoms with Crippen LogP contribution in [0.4, 0.5) is 5.95 Å². The molecule has 0 aliphatic carbocycles. The summed E-state index contributed by atoms with van der Waals surface area (Å²) in [5, 5.41) is 8.38. The number of nitrogens with one attached hydrogen (secondary N) is 2. The molecule has 1 fully saturated rings. The zero-order valence-electron chi connectivity index (χ0n) is 14.8. The first-order chi connectivity index (χ1) is 13.3. The molecule has 0 amide bonds. The summed E-state index contributed by atoms with van der Waals surface area (Å²) >= 11 is 0. The average Bonchev–Trinajstić information content (AvgIpc) is 3.34. The van der Waals surface area contributed by atoms with E-state index in [0.717, 1.165) is 48.3 Å². The van der Waals surface area contributed by atoms with Crippen molar-refractivity contribution in [2.24, 2.45) is 0 Å². The summed E-state index contributed by atoms with van der Waals surface area (Å²) in [4.78, 5) is 17.1. The van der Waals surface area contributed by atoms with Gasteiger partial charge in [-0.3, -0.25) is 0 Å². The Balaban J connectivity index is 1.56. The molecule has 0 spiro atoms. The van der Waals surface area contributed by atoms with E-state index in [-0.39, 0.29) is 0 Å². The summed E-state index contributed by atoms with van der Waals surface area (Å²) in [6.45, 7) is 1.51. The van der Waals surface area contributed by atoms with Gasteiger partial charge >= 0.3 is 0 Å². The van der Waals surface area contributed by atoms with Crippen molar-refractivity contribution in [1.29, 1.82) is 0 Å². The van der Waals surface area contributed by atoms with Crippen molar-refractivity contribution in [2.45, 2.75) is 18.9 Å². The number of ether oxygens (including phenoxy) is 2. The summed E-state index contributed by atoms with van der Waals surface area (Å²) in [7, 11) is 1.62. The topological polar surface area (TPSA) is 102 Å². The summed E-state index contributed by atoms with van der Waals surface area (Å²) in [5.74, 6) is 1.07. The van der Waals surface area contributed by atoms with Gasteiger partial charge in [0, 0.05) is 43.3 Å². The number of methoxy groups -OCH3 is 1. The molecule has 2 N–H and O–H groups in total. The predicted molar refractivity (Wildman–Crippen MR) is 99.9 cm³/mol. The fraction of sp³-hybridized carbons (Fsp3) is 0.333. The normalized spacial score (nSPS) is 15.4. The van der Waals surface area contributed by atoms with Gasteiger partial charge in [-0.05, 0) is 18.9 Å². The van der Waals surface area contributed by atoms with Crippen LogP contribution in [0.15, 0.2) is 30.7 Å². The molecule has 27 heavy (non-hydrogen) atoms. The minimum absolute atomic E-state index is 0.307. The van der Waals surface area contributed by atoms with Gasteiger partial charge in [-0.15, -0.1) is 0 Å². The van der Waals surface area contributed by atoms with Crippen LogP contribution in [0.5, 0.6) is 5.88 Å². The highest BCUT2D eigenvalue weighted by molar-refractivity contribution is 5.97. The average molecular weight is 365 g/mol. The monoisotopic (exact) mass is 365 g/mol. The predicted octanol–water partition coefficient (Wildman–Crippen LogP) is 2.27. The molecule has 0 saturated carbocycles. The minimum atomic E-state index is 0.307. The van der Waals surface area contributed by atoms with E-state index in [4.69, 9.17) is 9.47 Å². The molecule has 9 heteroatoms. The molecule has 1 aliphatic heterocycles. The van der Waals surface area contributed by atoms with Gasteiger partial charge in [-0.25, -0.2) is 9.50 Å². The van der Waals surface area contributed by atoms with E-state index in [9.17, 15) is 0 Å². The molecule has 1 aliphatic rings. The van der Waals surface area contributed by atoms with E-state index in [1.165, 1.54) is 0 Å². The van der Waals surface area contributed by atoms with Gasteiger partial charge < -0.3 is 19.8 Å². The van der Waals surface area contributed by atoms with Gasteiger partial charge in [0.05, 0.1) is 24.4 Å². The Morgan fingerprint density at radius 1 is 1.22 bits per heavy atom. The molecule has 0 radical (unpaired) electrons. The molecular weight excluding hydrogens is 346 g/mol. The number of hydrogen-bond donors (Lipinski definition) is 2. The van der Waals surface area contributed by atoms with Crippen molar-refractivity contribution < 1.29 is 9.47 Å². The van der Waals surface area contributed by atoms with Gasteiger partial charge in [0.15, 0.2) is 5.65 Å². The van der Waals surface area contributed by atoms with E-state index in [1.54, 1.807) is 17.8 Å². The third-order valence-electron chi connectivity index (χ3n) is 4.78. The third-order valence-corrected chi connectivity index (χ3v) is 4.78. The summed E-state index contributed by atoms with van der Waals surface area (Å²) in [5.41, 5.74) is 3.19. The summed E-state index contributed by atoms with van der Waals surface area (Å²) < 4.78 is 12.7. The maximum atomic E-state index is 5.57. The molecule has 4 aromatic heterocycles. The second kappa shape index (κ2) is 6.51. The number of nitrogens with zero attached hydrogens (tertiary/aromatic N) is 5. The van der Waals surface area contributed by atoms with Crippen molar-refractivity contribution in [1.82, 2.24) is 29.5 Å². The van der Waals surface area contributed by atoms with Crippen LogP contribution in [0.25, 0.3) is 27.9 Å². The Morgan fingerprint density at radius 3 is 2.96 bits per heavy atom. The Morgan fingerprint density at radius 2 is 2.11 bits per heavy atom. The number of aromatic amines is 1. The molecule has 5 rings (SSSR count). The van der Waals surface area contributed by atoms with E-state index in [1.807, 2.05) is 24.5 Å². The highest BCUT2D eigenvalue weighted by atomic mass is 16.5. The molecular formula is C18H19N7O2. The number of fused-ring (bicyclic) bond motifs is 2. The van der Waals surface area contributed by atoms with Gasteiger partial charge in [0.2, 0.25) is 11.8 Å². The minimum Gasteiger partial charge on any atom is -0.480 e. The van der Waals surface area contributed by atoms with E-state index >= 15 is 0 Å². The second-order valence-electron chi connectivity index (χ2n) is 6.46. The fourth-order valence-electron chi connectivity index (χ4n) is 3.40. The van der Waals surface area contributed by atoms with E-state index < -0.39 is 0 Å². The van der Waals surface area contributed by atoms with Crippen LogP contribution in [0.2, 0.25) is 0 Å². The molecule has 9 nitrogen and oxygen atoms in total. The molecule has 5 heterocycles. The molecule has 4 aromatic rings. The lowest BCUT2D eigenvalue weighted by Crippen LogP contribution is -2.28. The lowest BCUT2D eigenvalue weighted by Gasteiger charge is -2.23. The molecule has 138 valence electrons. The number of hydrogen-bond acceptors (Lipinski definition) is 7. The highest BCUT2D eigenvalue weighted by Gasteiger charge is 2.19. The van der Waals surface area contributed by atoms with Gasteiger partial charge in [0.1, 0.15) is 5.65 Å². The standard InChI is InChI=1S/C18H19N7O2/c1-26-17-15-12(13-3-7-25-14(22-13)2-6-20-25)10-19-16(15)23-18(24-17)21-11-4-8-27-9-5-11/h2-3,6-7,10-11H,4-5,8-9H2,1H3,(H2,19,21,23,24). The molecule has 0 bridgehead atoms. The molecule has 0 atom stereocenters. The number of aromatic nitrogens is 6. The highest BCUT2D eigenvalue weighted by Crippen LogP contribution is 2.33. The summed E-state index contributed by atoms with van der Waals surface area (Å²) in [6.07, 6.45) is 7.36. The van der Waals surface area contributed by atoms with Crippen molar-refractivity contribution in [3.8, 4) is 17.1 Å². The SMILES string of the molecule is COc1nc(NC2CCOCC2)nc2[nH]cc(-c3ccn4nccc4n3)c12. The van der Waals surface area contributed by atoms with Crippen LogP contribution in [0, 0.1) is 0 Å². The maximum Gasteiger partial charge on any atom is 0.228 e. The van der Waals surface area contributed by atoms with Crippen LogP contribution >= 0.6 is 0 Å². The van der Waals surface area contributed by atoms with Crippen molar-refractivity contribution in [3.63, 3.8) is 0 Å². The number of H-pyrrole nitrogens is 1. The number of anilines is 1. The van der Waals surface area contributed by atoms with Gasteiger partial charge in [-0.1, -0.05) is 0 Å². The van der Waals surface area contributed by atoms with E-state index in [2.05, 4.69) is 30.4 Å². The molecule has 0 aromatic carbocycles.